The first-order valence-corrected chi connectivity index (χ1v) is 10.6. The van der Waals surface area contributed by atoms with E-state index >= 15 is 0 Å². The normalized spacial score (nSPS) is 20.6. The zero-order valence-electron chi connectivity index (χ0n) is 15.9. The minimum Gasteiger partial charge on any atom is -0.449 e. The number of rotatable bonds is 4. The van der Waals surface area contributed by atoms with Crippen molar-refractivity contribution in [3.05, 3.63) is 46.4 Å². The first-order valence-electron chi connectivity index (χ1n) is 9.48. The van der Waals surface area contributed by atoms with Gasteiger partial charge in [0, 0.05) is 24.7 Å². The summed E-state index contributed by atoms with van der Waals surface area (Å²) in [7, 11) is 1.63. The third-order valence-electron chi connectivity index (χ3n) is 5.03. The molecule has 1 aliphatic heterocycles. The maximum atomic E-state index is 14.1. The lowest BCUT2D eigenvalue weighted by Crippen LogP contribution is -2.26. The van der Waals surface area contributed by atoms with Crippen molar-refractivity contribution in [1.29, 1.82) is 0 Å². The number of allylic oxidation sites excluding steroid dienone is 3. The molecule has 2 aliphatic rings. The van der Waals surface area contributed by atoms with E-state index in [0.29, 0.717) is 29.4 Å². The fraction of sp³-hybridized carbons (Fsp3) is 0.450. The number of ether oxygens (including phenoxy) is 1. The summed E-state index contributed by atoms with van der Waals surface area (Å²) in [6, 6.07) is 1.93. The van der Waals surface area contributed by atoms with Crippen molar-refractivity contribution in [3.8, 4) is 5.75 Å². The lowest BCUT2D eigenvalue weighted by Gasteiger charge is -2.22. The van der Waals surface area contributed by atoms with Gasteiger partial charge < -0.3 is 10.1 Å². The van der Waals surface area contributed by atoms with Gasteiger partial charge in [0.2, 0.25) is 5.95 Å². The Morgan fingerprint density at radius 2 is 2.14 bits per heavy atom. The summed E-state index contributed by atoms with van der Waals surface area (Å²) in [5, 5.41) is 4.02. The molecule has 1 fully saturated rings. The van der Waals surface area contributed by atoms with Crippen molar-refractivity contribution in [3.63, 3.8) is 0 Å². The molecular formula is C20H23FN4O2S. The summed E-state index contributed by atoms with van der Waals surface area (Å²) in [4.78, 5) is 21.6. The van der Waals surface area contributed by atoms with Gasteiger partial charge in [0.1, 0.15) is 5.65 Å². The molecule has 0 spiro atoms. The van der Waals surface area contributed by atoms with Crippen molar-refractivity contribution in [2.24, 2.45) is 13.0 Å². The highest BCUT2D eigenvalue weighted by atomic mass is 32.2. The van der Waals surface area contributed by atoms with Crippen molar-refractivity contribution in [1.82, 2.24) is 14.5 Å². The molecule has 28 heavy (non-hydrogen) atoms. The van der Waals surface area contributed by atoms with Gasteiger partial charge in [0.25, 0.3) is 5.56 Å². The first-order chi connectivity index (χ1) is 13.5. The fourth-order valence-corrected chi connectivity index (χ4v) is 4.49. The summed E-state index contributed by atoms with van der Waals surface area (Å²) in [6.45, 7) is 1.93. The number of nitrogens with zero attached hydrogens (tertiary/aromatic N) is 3. The van der Waals surface area contributed by atoms with Crippen LogP contribution < -0.4 is 15.6 Å². The van der Waals surface area contributed by atoms with Gasteiger partial charge in [0.05, 0.1) is 0 Å². The van der Waals surface area contributed by atoms with Crippen LogP contribution in [0.5, 0.6) is 5.75 Å². The van der Waals surface area contributed by atoms with Crippen LogP contribution in [-0.4, -0.2) is 32.1 Å². The van der Waals surface area contributed by atoms with Gasteiger partial charge in [-0.25, -0.2) is 9.37 Å². The number of halogens is 1. The van der Waals surface area contributed by atoms with Gasteiger partial charge in [-0.15, -0.1) is 0 Å². The number of hydrogen-bond acceptors (Lipinski definition) is 6. The lowest BCUT2D eigenvalue weighted by atomic mass is 10.0. The van der Waals surface area contributed by atoms with Crippen LogP contribution in [0.4, 0.5) is 10.3 Å². The van der Waals surface area contributed by atoms with Crippen molar-refractivity contribution >= 4 is 28.7 Å². The fourth-order valence-electron chi connectivity index (χ4n) is 3.38. The first kappa shape index (κ1) is 19.0. The van der Waals surface area contributed by atoms with Crippen molar-refractivity contribution in [2.75, 3.05) is 16.8 Å². The zero-order chi connectivity index (χ0) is 19.7. The van der Waals surface area contributed by atoms with E-state index in [9.17, 15) is 9.18 Å². The van der Waals surface area contributed by atoms with Crippen LogP contribution in [-0.2, 0) is 7.05 Å². The highest BCUT2D eigenvalue weighted by Gasteiger charge is 2.19. The number of hydrogen-bond donors (Lipinski definition) is 1. The van der Waals surface area contributed by atoms with E-state index in [1.54, 1.807) is 25.4 Å². The number of aromatic nitrogens is 3. The van der Waals surface area contributed by atoms with Crippen LogP contribution in [0.2, 0.25) is 0 Å². The molecule has 148 valence electrons. The Morgan fingerprint density at radius 3 is 2.89 bits per heavy atom. The second kappa shape index (κ2) is 7.95. The minimum absolute atomic E-state index is 0.0629. The number of aryl methyl sites for hydroxylation is 1. The van der Waals surface area contributed by atoms with Crippen LogP contribution >= 0.6 is 11.8 Å². The Hall–Kier alpha value is -2.35. The third kappa shape index (κ3) is 3.92. The second-order valence-corrected chi connectivity index (χ2v) is 8.50. The minimum atomic E-state index is -0.442. The number of anilines is 1. The van der Waals surface area contributed by atoms with Crippen LogP contribution in [0.25, 0.3) is 11.0 Å². The van der Waals surface area contributed by atoms with Crippen LogP contribution in [0, 0.1) is 5.92 Å². The molecule has 6 nitrogen and oxygen atoms in total. The standard InChI is InChI=1S/C20H23FN4O2S/c1-12-3-4-16(15(21)9-12)27-17-10-13-11-22-20(23-14-5-7-28-8-6-14)24-18(13)25(2)19(17)26/h4,9-12,14H,3,5-8H2,1-2H3,(H,22,23,24). The summed E-state index contributed by atoms with van der Waals surface area (Å²) in [5.74, 6) is 2.60. The Bertz CT molecular complexity index is 1010. The lowest BCUT2D eigenvalue weighted by molar-refractivity contribution is 0.383. The third-order valence-corrected chi connectivity index (χ3v) is 6.08. The van der Waals surface area contributed by atoms with Gasteiger partial charge in [-0.05, 0) is 54.9 Å². The number of thioether (sulfide) groups is 1. The van der Waals surface area contributed by atoms with E-state index in [2.05, 4.69) is 15.3 Å². The molecule has 2 aromatic rings. The molecule has 1 saturated heterocycles. The van der Waals surface area contributed by atoms with E-state index in [0.717, 1.165) is 24.3 Å². The van der Waals surface area contributed by atoms with E-state index in [1.165, 1.54) is 10.6 Å². The molecule has 0 bridgehead atoms. The Balaban J connectivity index is 1.62. The molecule has 2 aromatic heterocycles. The van der Waals surface area contributed by atoms with E-state index in [1.807, 2.05) is 18.7 Å². The van der Waals surface area contributed by atoms with Crippen LogP contribution in [0.3, 0.4) is 0 Å². The number of pyridine rings is 1. The molecule has 3 heterocycles. The molecular weight excluding hydrogens is 379 g/mol. The quantitative estimate of drug-likeness (QED) is 0.839. The molecule has 0 saturated carbocycles. The second-order valence-electron chi connectivity index (χ2n) is 7.27. The highest BCUT2D eigenvalue weighted by molar-refractivity contribution is 7.99. The molecule has 0 amide bonds. The molecule has 1 atom stereocenters. The topological polar surface area (TPSA) is 69.0 Å². The average Bonchev–Trinajstić information content (AvgIpc) is 2.69. The predicted octanol–water partition coefficient (Wildman–Crippen LogP) is 3.79. The Kier molecular flexibility index (Phi) is 5.39. The zero-order valence-corrected chi connectivity index (χ0v) is 16.8. The summed E-state index contributed by atoms with van der Waals surface area (Å²) < 4.78 is 21.1. The van der Waals surface area contributed by atoms with E-state index in [4.69, 9.17) is 4.74 Å². The van der Waals surface area contributed by atoms with Gasteiger partial charge in [0.15, 0.2) is 17.3 Å². The Labute approximate surface area is 166 Å². The van der Waals surface area contributed by atoms with Crippen molar-refractivity contribution < 1.29 is 9.13 Å². The SMILES string of the molecule is CC1C=C(F)C(Oc2cc3cnc(NC4CCSCC4)nc3n(C)c2=O)=CC1. The van der Waals surface area contributed by atoms with Crippen molar-refractivity contribution in [2.45, 2.75) is 32.2 Å². The van der Waals surface area contributed by atoms with Crippen LogP contribution in [0.15, 0.2) is 40.8 Å². The number of nitrogens with one attached hydrogen (secondary N) is 1. The molecule has 0 aromatic carbocycles. The Morgan fingerprint density at radius 1 is 1.36 bits per heavy atom. The average molecular weight is 402 g/mol. The monoisotopic (exact) mass is 402 g/mol. The van der Waals surface area contributed by atoms with Gasteiger partial charge in [-0.3, -0.25) is 9.36 Å². The molecule has 1 aliphatic carbocycles. The molecule has 8 heteroatoms. The summed E-state index contributed by atoms with van der Waals surface area (Å²) >= 11 is 1.96. The van der Waals surface area contributed by atoms with Gasteiger partial charge in [-0.1, -0.05) is 6.92 Å². The molecule has 1 unspecified atom stereocenters. The number of fused-ring (bicyclic) bond motifs is 1. The molecule has 0 radical (unpaired) electrons. The smallest absolute Gasteiger partial charge is 0.294 e. The van der Waals surface area contributed by atoms with Gasteiger partial charge in [-0.2, -0.15) is 16.7 Å². The van der Waals surface area contributed by atoms with Gasteiger partial charge >= 0.3 is 0 Å². The van der Waals surface area contributed by atoms with Crippen LogP contribution in [0.1, 0.15) is 26.2 Å². The molecule has 4 rings (SSSR count). The van der Waals surface area contributed by atoms with E-state index in [-0.39, 0.29) is 23.0 Å². The predicted molar refractivity (Wildman–Crippen MR) is 110 cm³/mol. The maximum absolute atomic E-state index is 14.1. The summed E-state index contributed by atoms with van der Waals surface area (Å²) in [6.07, 6.45) is 7.67. The van der Waals surface area contributed by atoms with E-state index < -0.39 is 5.83 Å². The largest absolute Gasteiger partial charge is 0.449 e. The highest BCUT2D eigenvalue weighted by Crippen LogP contribution is 2.27. The molecule has 1 N–H and O–H groups in total. The maximum Gasteiger partial charge on any atom is 0.294 e. The summed E-state index contributed by atoms with van der Waals surface area (Å²) in [5.41, 5.74) is 0.154.